The Bertz CT molecular complexity index is 938. The van der Waals surface area contributed by atoms with Crippen molar-refractivity contribution in [3.05, 3.63) is 69.8 Å². The van der Waals surface area contributed by atoms with Crippen molar-refractivity contribution < 1.29 is 24.0 Å². The molecule has 1 aliphatic rings. The molecule has 0 bridgehead atoms. The molecular weight excluding hydrogens is 354 g/mol. The summed E-state index contributed by atoms with van der Waals surface area (Å²) in [6, 6.07) is 12.3. The SMILES string of the molecule is CC(=O)Oc1ccc(C2=NN(C(C)=O)[C@H](c3ccccc3[N+](=O)[O-])O2)cc1. The molecule has 1 aliphatic heterocycles. The highest BCUT2D eigenvalue weighted by Gasteiger charge is 2.37. The normalized spacial score (nSPS) is 15.7. The molecule has 9 heteroatoms. The minimum absolute atomic E-state index is 0.128. The summed E-state index contributed by atoms with van der Waals surface area (Å²) in [4.78, 5) is 33.7. The summed E-state index contributed by atoms with van der Waals surface area (Å²) in [5, 5.41) is 16.5. The van der Waals surface area contributed by atoms with Gasteiger partial charge >= 0.3 is 5.97 Å². The van der Waals surface area contributed by atoms with E-state index >= 15 is 0 Å². The second-order valence-corrected chi connectivity index (χ2v) is 5.67. The summed E-state index contributed by atoms with van der Waals surface area (Å²) in [5.74, 6) is -0.396. The highest BCUT2D eigenvalue weighted by atomic mass is 16.6. The highest BCUT2D eigenvalue weighted by Crippen LogP contribution is 2.35. The lowest BCUT2D eigenvalue weighted by Crippen LogP contribution is -2.25. The summed E-state index contributed by atoms with van der Waals surface area (Å²) in [6.45, 7) is 2.58. The van der Waals surface area contributed by atoms with Crippen LogP contribution in [-0.2, 0) is 14.3 Å². The molecular formula is C18H15N3O6. The van der Waals surface area contributed by atoms with Gasteiger partial charge in [0.15, 0.2) is 0 Å². The molecule has 0 saturated carbocycles. The van der Waals surface area contributed by atoms with Gasteiger partial charge in [-0.05, 0) is 30.3 Å². The first-order chi connectivity index (χ1) is 12.9. The fourth-order valence-electron chi connectivity index (χ4n) is 2.58. The summed E-state index contributed by atoms with van der Waals surface area (Å²) >= 11 is 0. The van der Waals surface area contributed by atoms with Crippen LogP contribution in [0.5, 0.6) is 5.75 Å². The van der Waals surface area contributed by atoms with E-state index in [0.717, 1.165) is 5.01 Å². The third-order valence-electron chi connectivity index (χ3n) is 3.73. The van der Waals surface area contributed by atoms with Crippen molar-refractivity contribution in [2.45, 2.75) is 20.1 Å². The zero-order chi connectivity index (χ0) is 19.6. The summed E-state index contributed by atoms with van der Waals surface area (Å²) in [5.41, 5.74) is 0.571. The van der Waals surface area contributed by atoms with Crippen LogP contribution in [0.2, 0.25) is 0 Å². The van der Waals surface area contributed by atoms with Gasteiger partial charge in [-0.15, -0.1) is 5.10 Å². The van der Waals surface area contributed by atoms with E-state index in [2.05, 4.69) is 5.10 Å². The second-order valence-electron chi connectivity index (χ2n) is 5.67. The molecule has 9 nitrogen and oxygen atoms in total. The lowest BCUT2D eigenvalue weighted by Gasteiger charge is -2.19. The Labute approximate surface area is 154 Å². The van der Waals surface area contributed by atoms with E-state index in [-0.39, 0.29) is 17.1 Å². The van der Waals surface area contributed by atoms with E-state index in [1.54, 1.807) is 30.3 Å². The number of esters is 1. The van der Waals surface area contributed by atoms with Crippen LogP contribution in [0.15, 0.2) is 53.6 Å². The van der Waals surface area contributed by atoms with E-state index in [1.165, 1.54) is 32.0 Å². The van der Waals surface area contributed by atoms with Crippen molar-refractivity contribution >= 4 is 23.5 Å². The minimum Gasteiger partial charge on any atom is -0.445 e. The molecule has 3 rings (SSSR count). The molecule has 138 valence electrons. The van der Waals surface area contributed by atoms with Crippen molar-refractivity contribution in [3.63, 3.8) is 0 Å². The van der Waals surface area contributed by atoms with Gasteiger partial charge in [0.25, 0.3) is 5.69 Å². The Morgan fingerprint density at radius 2 is 1.81 bits per heavy atom. The van der Waals surface area contributed by atoms with Crippen LogP contribution in [0, 0.1) is 10.1 Å². The molecule has 1 amide bonds. The van der Waals surface area contributed by atoms with E-state index in [4.69, 9.17) is 9.47 Å². The number of nitrogens with zero attached hydrogens (tertiary/aromatic N) is 3. The number of rotatable bonds is 4. The van der Waals surface area contributed by atoms with E-state index < -0.39 is 23.0 Å². The molecule has 2 aromatic carbocycles. The van der Waals surface area contributed by atoms with Gasteiger partial charge in [0.1, 0.15) is 5.75 Å². The number of para-hydroxylation sites is 1. The van der Waals surface area contributed by atoms with Crippen molar-refractivity contribution in [2.75, 3.05) is 0 Å². The number of hydrogen-bond donors (Lipinski definition) is 0. The fourth-order valence-corrected chi connectivity index (χ4v) is 2.58. The van der Waals surface area contributed by atoms with Crippen LogP contribution >= 0.6 is 0 Å². The molecule has 2 aromatic rings. The Hall–Kier alpha value is -3.75. The van der Waals surface area contributed by atoms with Gasteiger partial charge in [-0.2, -0.15) is 5.01 Å². The monoisotopic (exact) mass is 369 g/mol. The van der Waals surface area contributed by atoms with Gasteiger partial charge in [0.05, 0.1) is 10.5 Å². The first kappa shape index (κ1) is 18.1. The molecule has 0 saturated heterocycles. The molecule has 27 heavy (non-hydrogen) atoms. The molecule has 0 aromatic heterocycles. The minimum atomic E-state index is -1.05. The van der Waals surface area contributed by atoms with Crippen molar-refractivity contribution in [1.82, 2.24) is 5.01 Å². The summed E-state index contributed by atoms with van der Waals surface area (Å²) in [6.07, 6.45) is -1.05. The molecule has 0 spiro atoms. The molecule has 0 N–H and O–H groups in total. The first-order valence-electron chi connectivity index (χ1n) is 7.94. The average Bonchev–Trinajstić information content (AvgIpc) is 3.07. The smallest absolute Gasteiger partial charge is 0.308 e. The summed E-state index contributed by atoms with van der Waals surface area (Å²) in [7, 11) is 0. The molecule has 0 unspecified atom stereocenters. The van der Waals surface area contributed by atoms with Gasteiger partial charge in [0, 0.05) is 25.5 Å². The molecule has 0 fully saturated rings. The number of nitro benzene ring substituents is 1. The van der Waals surface area contributed by atoms with Crippen molar-refractivity contribution in [2.24, 2.45) is 5.10 Å². The fraction of sp³-hybridized carbons (Fsp3) is 0.167. The van der Waals surface area contributed by atoms with Crippen LogP contribution in [0.3, 0.4) is 0 Å². The second kappa shape index (κ2) is 7.24. The zero-order valence-electron chi connectivity index (χ0n) is 14.5. The van der Waals surface area contributed by atoms with Gasteiger partial charge < -0.3 is 9.47 Å². The maximum Gasteiger partial charge on any atom is 0.308 e. The number of nitro groups is 1. The predicted octanol–water partition coefficient (Wildman–Crippen LogP) is 2.76. The molecule has 0 radical (unpaired) electrons. The Balaban J connectivity index is 1.92. The Morgan fingerprint density at radius 3 is 2.41 bits per heavy atom. The van der Waals surface area contributed by atoms with Crippen molar-refractivity contribution in [3.8, 4) is 5.75 Å². The molecule has 1 heterocycles. The highest BCUT2D eigenvalue weighted by molar-refractivity contribution is 5.96. The largest absolute Gasteiger partial charge is 0.445 e. The quantitative estimate of drug-likeness (QED) is 0.355. The predicted molar refractivity (Wildman–Crippen MR) is 93.7 cm³/mol. The number of carbonyl (C=O) groups is 2. The van der Waals surface area contributed by atoms with Crippen LogP contribution in [0.25, 0.3) is 0 Å². The third-order valence-corrected chi connectivity index (χ3v) is 3.73. The molecule has 0 aliphatic carbocycles. The zero-order valence-corrected chi connectivity index (χ0v) is 14.5. The number of hydrazone groups is 1. The first-order valence-corrected chi connectivity index (χ1v) is 7.94. The average molecular weight is 369 g/mol. The van der Waals surface area contributed by atoms with E-state index in [9.17, 15) is 19.7 Å². The maximum absolute atomic E-state index is 12.0. The van der Waals surface area contributed by atoms with Crippen LogP contribution in [0.4, 0.5) is 5.69 Å². The number of ether oxygens (including phenoxy) is 2. The Kier molecular flexibility index (Phi) is 4.84. The number of benzene rings is 2. The van der Waals surface area contributed by atoms with Gasteiger partial charge in [-0.1, -0.05) is 12.1 Å². The topological polar surface area (TPSA) is 111 Å². The Morgan fingerprint density at radius 1 is 1.15 bits per heavy atom. The lowest BCUT2D eigenvalue weighted by atomic mass is 10.1. The van der Waals surface area contributed by atoms with Crippen LogP contribution in [0.1, 0.15) is 31.2 Å². The number of hydrogen-bond acceptors (Lipinski definition) is 7. The van der Waals surface area contributed by atoms with E-state index in [0.29, 0.717) is 11.3 Å². The van der Waals surface area contributed by atoms with Gasteiger partial charge in [-0.25, -0.2) is 0 Å². The van der Waals surface area contributed by atoms with Gasteiger partial charge in [-0.3, -0.25) is 19.7 Å². The van der Waals surface area contributed by atoms with E-state index in [1.807, 2.05) is 0 Å². The van der Waals surface area contributed by atoms with Crippen molar-refractivity contribution in [1.29, 1.82) is 0 Å². The van der Waals surface area contributed by atoms with Gasteiger partial charge in [0.2, 0.25) is 18.0 Å². The standard InChI is InChI=1S/C18H15N3O6/c1-11(22)20-18(15-5-3-4-6-16(15)21(24)25)27-17(19-20)13-7-9-14(10-8-13)26-12(2)23/h3-10,18H,1-2H3/t18-/m0/s1. The van der Waals surface area contributed by atoms with Crippen LogP contribution < -0.4 is 4.74 Å². The summed E-state index contributed by atoms with van der Waals surface area (Å²) < 4.78 is 10.7. The number of amides is 1. The lowest BCUT2D eigenvalue weighted by molar-refractivity contribution is -0.386. The number of carbonyl (C=O) groups excluding carboxylic acids is 2. The maximum atomic E-state index is 12.0. The van der Waals surface area contributed by atoms with Crippen LogP contribution in [-0.4, -0.2) is 27.7 Å². The molecule has 1 atom stereocenters. The third kappa shape index (κ3) is 3.76.